The summed E-state index contributed by atoms with van der Waals surface area (Å²) in [5.74, 6) is 0.981. The molecule has 0 saturated heterocycles. The van der Waals surface area contributed by atoms with Crippen LogP contribution in [0.4, 0.5) is 11.4 Å². The molecular formula is C25H32IN3O. The van der Waals surface area contributed by atoms with Crippen LogP contribution in [0.2, 0.25) is 0 Å². The number of hydrogen-bond acceptors (Lipinski definition) is 4. The Kier molecular flexibility index (Phi) is 8.75. The third-order valence-electron chi connectivity index (χ3n) is 5.42. The van der Waals surface area contributed by atoms with Crippen LogP contribution >= 0.6 is 22.6 Å². The predicted molar refractivity (Wildman–Crippen MR) is 135 cm³/mol. The van der Waals surface area contributed by atoms with E-state index >= 15 is 0 Å². The number of benzene rings is 2. The highest BCUT2D eigenvalue weighted by Gasteiger charge is 2.08. The first-order valence-corrected chi connectivity index (χ1v) is 12.0. The second kappa shape index (κ2) is 11.5. The summed E-state index contributed by atoms with van der Waals surface area (Å²) < 4.78 is 1.17. The van der Waals surface area contributed by atoms with Gasteiger partial charge >= 0.3 is 0 Å². The van der Waals surface area contributed by atoms with E-state index in [1.807, 2.05) is 24.4 Å². The highest BCUT2D eigenvalue weighted by molar-refractivity contribution is 14.1. The van der Waals surface area contributed by atoms with E-state index < -0.39 is 0 Å². The summed E-state index contributed by atoms with van der Waals surface area (Å²) in [6.45, 7) is 6.18. The molecule has 0 aliphatic rings. The van der Waals surface area contributed by atoms with Crippen molar-refractivity contribution in [1.29, 1.82) is 0 Å². The number of unbranched alkanes of at least 4 members (excludes halogenated alkanes) is 3. The highest BCUT2D eigenvalue weighted by Crippen LogP contribution is 2.28. The topological polar surface area (TPSA) is 57.2 Å². The molecule has 1 unspecified atom stereocenters. The second-order valence-electron chi connectivity index (χ2n) is 8.07. The van der Waals surface area contributed by atoms with Gasteiger partial charge in [0.15, 0.2) is 0 Å². The summed E-state index contributed by atoms with van der Waals surface area (Å²) in [5, 5.41) is 18.4. The van der Waals surface area contributed by atoms with Crippen LogP contribution in [-0.2, 0) is 6.54 Å². The molecule has 1 heterocycles. The molecule has 0 spiro atoms. The van der Waals surface area contributed by atoms with Crippen molar-refractivity contribution in [1.82, 2.24) is 10.3 Å². The lowest BCUT2D eigenvalue weighted by Crippen LogP contribution is -2.20. The lowest BCUT2D eigenvalue weighted by molar-refractivity contribution is 0.441. The molecule has 2 aromatic carbocycles. The Morgan fingerprint density at radius 2 is 1.93 bits per heavy atom. The van der Waals surface area contributed by atoms with Crippen LogP contribution in [0, 0.1) is 9.49 Å². The number of pyridine rings is 1. The molecule has 160 valence electrons. The van der Waals surface area contributed by atoms with Crippen LogP contribution in [0.25, 0.3) is 10.9 Å². The standard InChI is InChI=1S/C25H32IN3O/c1-3-4-5-6-7-18(2)16-27-17-19-14-21(9-11-25(19)30)29-23-12-13-28-24-15-20(26)8-10-22(23)24/h8-15,18,27,30H,3-7,16-17H2,1-2H3,(H,28,29). The van der Waals surface area contributed by atoms with E-state index in [-0.39, 0.29) is 0 Å². The monoisotopic (exact) mass is 517 g/mol. The maximum absolute atomic E-state index is 10.3. The Morgan fingerprint density at radius 3 is 2.77 bits per heavy atom. The molecule has 5 heteroatoms. The number of phenolic OH excluding ortho intramolecular Hbond substituents is 1. The number of fused-ring (bicyclic) bond motifs is 1. The van der Waals surface area contributed by atoms with E-state index in [2.05, 4.69) is 70.3 Å². The van der Waals surface area contributed by atoms with Gasteiger partial charge in [0.25, 0.3) is 0 Å². The minimum atomic E-state index is 0.331. The molecule has 3 aromatic rings. The molecule has 4 nitrogen and oxygen atoms in total. The van der Waals surface area contributed by atoms with Crippen LogP contribution < -0.4 is 10.6 Å². The fraction of sp³-hybridized carbons (Fsp3) is 0.400. The Balaban J connectivity index is 1.60. The molecule has 1 aromatic heterocycles. The highest BCUT2D eigenvalue weighted by atomic mass is 127. The lowest BCUT2D eigenvalue weighted by Gasteiger charge is -2.15. The number of hydrogen-bond donors (Lipinski definition) is 3. The third-order valence-corrected chi connectivity index (χ3v) is 6.09. The number of nitrogens with one attached hydrogen (secondary N) is 2. The van der Waals surface area contributed by atoms with Crippen LogP contribution in [-0.4, -0.2) is 16.6 Å². The number of anilines is 2. The van der Waals surface area contributed by atoms with Crippen molar-refractivity contribution in [3.63, 3.8) is 0 Å². The van der Waals surface area contributed by atoms with Crippen molar-refractivity contribution in [2.45, 2.75) is 52.5 Å². The van der Waals surface area contributed by atoms with Crippen LogP contribution in [0.1, 0.15) is 51.5 Å². The molecule has 3 rings (SSSR count). The molecule has 1 atom stereocenters. The number of aromatic hydroxyl groups is 1. The average molecular weight is 517 g/mol. The van der Waals surface area contributed by atoms with Gasteiger partial charge in [-0.2, -0.15) is 0 Å². The third kappa shape index (κ3) is 6.57. The number of nitrogens with zero attached hydrogens (tertiary/aromatic N) is 1. The predicted octanol–water partition coefficient (Wildman–Crippen LogP) is 6.98. The van der Waals surface area contributed by atoms with E-state index in [1.54, 1.807) is 6.07 Å². The summed E-state index contributed by atoms with van der Waals surface area (Å²) in [7, 11) is 0. The Hall–Kier alpha value is -1.86. The van der Waals surface area contributed by atoms with E-state index in [9.17, 15) is 5.11 Å². The van der Waals surface area contributed by atoms with Crippen LogP contribution in [0.15, 0.2) is 48.7 Å². The first kappa shape index (κ1) is 22.8. The average Bonchev–Trinajstić information content (AvgIpc) is 2.73. The first-order valence-electron chi connectivity index (χ1n) is 10.9. The fourth-order valence-electron chi connectivity index (χ4n) is 3.67. The Labute approximate surface area is 193 Å². The normalized spacial score (nSPS) is 12.2. The van der Waals surface area contributed by atoms with Crippen molar-refractivity contribution in [3.05, 3.63) is 57.8 Å². The zero-order valence-electron chi connectivity index (χ0n) is 17.9. The van der Waals surface area contributed by atoms with Crippen LogP contribution in [0.5, 0.6) is 5.75 Å². The van der Waals surface area contributed by atoms with Gasteiger partial charge < -0.3 is 15.7 Å². The number of halogens is 1. The summed E-state index contributed by atoms with van der Waals surface area (Å²) in [6.07, 6.45) is 8.34. The van der Waals surface area contributed by atoms with Crippen molar-refractivity contribution in [3.8, 4) is 5.75 Å². The molecule has 0 radical (unpaired) electrons. The molecule has 0 aliphatic heterocycles. The lowest BCUT2D eigenvalue weighted by atomic mass is 10.0. The second-order valence-corrected chi connectivity index (χ2v) is 9.32. The molecular weight excluding hydrogens is 485 g/mol. The van der Waals surface area contributed by atoms with Gasteiger partial charge in [0, 0.05) is 38.6 Å². The number of phenols is 1. The van der Waals surface area contributed by atoms with Crippen molar-refractivity contribution >= 4 is 44.9 Å². The molecule has 0 aliphatic carbocycles. The number of aromatic nitrogens is 1. The van der Waals surface area contributed by atoms with E-state index in [0.29, 0.717) is 18.2 Å². The van der Waals surface area contributed by atoms with Crippen molar-refractivity contribution < 1.29 is 5.11 Å². The van der Waals surface area contributed by atoms with Crippen LogP contribution in [0.3, 0.4) is 0 Å². The minimum absolute atomic E-state index is 0.331. The van der Waals surface area contributed by atoms with Gasteiger partial charge in [-0.1, -0.05) is 39.5 Å². The summed E-state index contributed by atoms with van der Waals surface area (Å²) >= 11 is 2.30. The molecule has 0 bridgehead atoms. The quantitative estimate of drug-likeness (QED) is 0.146. The van der Waals surface area contributed by atoms with E-state index in [0.717, 1.165) is 34.4 Å². The van der Waals surface area contributed by atoms with Gasteiger partial charge in [0.05, 0.1) is 5.52 Å². The van der Waals surface area contributed by atoms with Gasteiger partial charge in [0.2, 0.25) is 0 Å². The largest absolute Gasteiger partial charge is 0.508 e. The molecule has 0 fully saturated rings. The summed E-state index contributed by atoms with van der Waals surface area (Å²) in [6, 6.07) is 13.9. The maximum Gasteiger partial charge on any atom is 0.120 e. The molecule has 0 amide bonds. The van der Waals surface area contributed by atoms with Gasteiger partial charge in [-0.25, -0.2) is 0 Å². The first-order chi connectivity index (χ1) is 14.6. The SMILES string of the molecule is CCCCCCC(C)CNCc1cc(Nc2ccnc3cc(I)ccc23)ccc1O. The van der Waals surface area contributed by atoms with Gasteiger partial charge in [-0.15, -0.1) is 0 Å². The molecule has 3 N–H and O–H groups in total. The maximum atomic E-state index is 10.3. The van der Waals surface area contributed by atoms with Gasteiger partial charge in [0.1, 0.15) is 5.75 Å². The number of rotatable bonds is 11. The van der Waals surface area contributed by atoms with E-state index in [4.69, 9.17) is 0 Å². The van der Waals surface area contributed by atoms with Gasteiger partial charge in [-0.3, -0.25) is 4.98 Å². The Bertz CT molecular complexity index is 960. The van der Waals surface area contributed by atoms with Gasteiger partial charge in [-0.05, 0) is 83.9 Å². The zero-order chi connectivity index (χ0) is 21.3. The smallest absolute Gasteiger partial charge is 0.120 e. The zero-order valence-corrected chi connectivity index (χ0v) is 20.1. The van der Waals surface area contributed by atoms with E-state index in [1.165, 1.54) is 35.7 Å². The fourth-order valence-corrected chi connectivity index (χ4v) is 4.14. The molecule has 0 saturated carbocycles. The summed E-state index contributed by atoms with van der Waals surface area (Å²) in [5.41, 5.74) is 3.86. The molecule has 30 heavy (non-hydrogen) atoms. The Morgan fingerprint density at radius 1 is 1.07 bits per heavy atom. The summed E-state index contributed by atoms with van der Waals surface area (Å²) in [4.78, 5) is 4.47. The minimum Gasteiger partial charge on any atom is -0.508 e. The van der Waals surface area contributed by atoms with Crippen molar-refractivity contribution in [2.24, 2.45) is 5.92 Å². The van der Waals surface area contributed by atoms with Crippen molar-refractivity contribution in [2.75, 3.05) is 11.9 Å².